The van der Waals surface area contributed by atoms with Crippen LogP contribution in [0.25, 0.3) is 0 Å². The van der Waals surface area contributed by atoms with Gasteiger partial charge in [-0.1, -0.05) is 30.3 Å². The molecule has 26 heavy (non-hydrogen) atoms. The molecule has 1 heterocycles. The Hall–Kier alpha value is -0.820. The van der Waals surface area contributed by atoms with Crippen LogP contribution in [0, 0.1) is 5.92 Å². The second-order valence-electron chi connectivity index (χ2n) is 7.54. The van der Waals surface area contributed by atoms with Crippen molar-refractivity contribution in [3.05, 3.63) is 35.9 Å². The van der Waals surface area contributed by atoms with Crippen LogP contribution in [0.3, 0.4) is 0 Å². The Morgan fingerprint density at radius 1 is 1.08 bits per heavy atom. The standard InChI is InChI=1S/C21H33N3O.HI/c1-2-22-21(24-14-12-20(25)13-15-24)23-16-17-8-10-19(11-9-17)18-6-4-3-5-7-18;/h3-7,17,19-20,25H,2,8-16H2,1H3,(H,22,23);1H. The predicted octanol–water partition coefficient (Wildman–Crippen LogP) is 4.00. The molecule has 1 aromatic rings. The van der Waals surface area contributed by atoms with Crippen LogP contribution in [-0.4, -0.2) is 48.2 Å². The van der Waals surface area contributed by atoms with Crippen LogP contribution < -0.4 is 5.32 Å². The predicted molar refractivity (Wildman–Crippen MR) is 119 cm³/mol. The molecule has 0 radical (unpaired) electrons. The van der Waals surface area contributed by atoms with E-state index in [2.05, 4.69) is 47.5 Å². The average molecular weight is 471 g/mol. The summed E-state index contributed by atoms with van der Waals surface area (Å²) in [6.07, 6.45) is 6.71. The molecule has 2 fully saturated rings. The number of likely N-dealkylation sites (tertiary alicyclic amines) is 1. The second-order valence-corrected chi connectivity index (χ2v) is 7.54. The van der Waals surface area contributed by atoms with Crippen molar-refractivity contribution in [2.24, 2.45) is 10.9 Å². The molecule has 1 saturated carbocycles. The maximum absolute atomic E-state index is 9.70. The molecule has 0 atom stereocenters. The minimum Gasteiger partial charge on any atom is -0.393 e. The highest BCUT2D eigenvalue weighted by molar-refractivity contribution is 14.0. The van der Waals surface area contributed by atoms with E-state index >= 15 is 0 Å². The lowest BCUT2D eigenvalue weighted by molar-refractivity contribution is 0.108. The van der Waals surface area contributed by atoms with E-state index in [-0.39, 0.29) is 30.1 Å². The zero-order valence-corrected chi connectivity index (χ0v) is 18.3. The number of aliphatic imine (C=N–C) groups is 1. The molecule has 0 bridgehead atoms. The third kappa shape index (κ3) is 6.12. The minimum atomic E-state index is -0.132. The van der Waals surface area contributed by atoms with E-state index in [0.717, 1.165) is 50.9 Å². The normalized spacial score (nSPS) is 24.8. The SMILES string of the molecule is CCNC(=NCC1CCC(c2ccccc2)CC1)N1CCC(O)CC1.I. The van der Waals surface area contributed by atoms with Gasteiger partial charge < -0.3 is 15.3 Å². The van der Waals surface area contributed by atoms with Crippen LogP contribution >= 0.6 is 24.0 Å². The summed E-state index contributed by atoms with van der Waals surface area (Å²) in [5, 5.41) is 13.1. The van der Waals surface area contributed by atoms with E-state index < -0.39 is 0 Å². The van der Waals surface area contributed by atoms with Gasteiger partial charge in [-0.15, -0.1) is 24.0 Å². The van der Waals surface area contributed by atoms with Crippen LogP contribution in [0.15, 0.2) is 35.3 Å². The molecule has 2 aliphatic rings. The van der Waals surface area contributed by atoms with Crippen molar-refractivity contribution < 1.29 is 5.11 Å². The van der Waals surface area contributed by atoms with Crippen molar-refractivity contribution in [3.63, 3.8) is 0 Å². The Balaban J connectivity index is 0.00000243. The number of hydrogen-bond donors (Lipinski definition) is 2. The second kappa shape index (κ2) is 11.1. The first-order valence-corrected chi connectivity index (χ1v) is 10.0. The highest BCUT2D eigenvalue weighted by Gasteiger charge is 2.23. The molecule has 0 unspecified atom stereocenters. The van der Waals surface area contributed by atoms with E-state index in [0.29, 0.717) is 5.92 Å². The largest absolute Gasteiger partial charge is 0.393 e. The van der Waals surface area contributed by atoms with Crippen LogP contribution in [0.1, 0.15) is 56.9 Å². The summed E-state index contributed by atoms with van der Waals surface area (Å²) in [6, 6.07) is 11.0. The van der Waals surface area contributed by atoms with Crippen LogP contribution in [0.5, 0.6) is 0 Å². The summed E-state index contributed by atoms with van der Waals surface area (Å²) < 4.78 is 0. The molecular weight excluding hydrogens is 437 g/mol. The number of hydrogen-bond acceptors (Lipinski definition) is 2. The van der Waals surface area contributed by atoms with Gasteiger partial charge in [-0.25, -0.2) is 0 Å². The molecule has 0 amide bonds. The Morgan fingerprint density at radius 3 is 2.35 bits per heavy atom. The van der Waals surface area contributed by atoms with Crippen molar-refractivity contribution >= 4 is 29.9 Å². The van der Waals surface area contributed by atoms with E-state index in [1.54, 1.807) is 0 Å². The van der Waals surface area contributed by atoms with Crippen molar-refractivity contribution in [3.8, 4) is 0 Å². The van der Waals surface area contributed by atoms with Gasteiger partial charge in [-0.2, -0.15) is 0 Å². The van der Waals surface area contributed by atoms with Crippen molar-refractivity contribution in [1.29, 1.82) is 0 Å². The maximum Gasteiger partial charge on any atom is 0.193 e. The fraction of sp³-hybridized carbons (Fsp3) is 0.667. The Labute approximate surface area is 175 Å². The molecule has 2 N–H and O–H groups in total. The molecule has 1 saturated heterocycles. The van der Waals surface area contributed by atoms with Crippen molar-refractivity contribution in [1.82, 2.24) is 10.2 Å². The van der Waals surface area contributed by atoms with Gasteiger partial charge >= 0.3 is 0 Å². The number of guanidine groups is 1. The van der Waals surface area contributed by atoms with Gasteiger partial charge in [0.05, 0.1) is 6.10 Å². The molecule has 1 aliphatic carbocycles. The van der Waals surface area contributed by atoms with Crippen LogP contribution in [0.4, 0.5) is 0 Å². The Kier molecular flexibility index (Phi) is 9.19. The number of benzene rings is 1. The van der Waals surface area contributed by atoms with Gasteiger partial charge in [-0.3, -0.25) is 4.99 Å². The monoisotopic (exact) mass is 471 g/mol. The van der Waals surface area contributed by atoms with Crippen molar-refractivity contribution in [2.45, 2.75) is 57.5 Å². The van der Waals surface area contributed by atoms with Gasteiger partial charge in [-0.05, 0) is 62.8 Å². The van der Waals surface area contributed by atoms with Gasteiger partial charge in [0.25, 0.3) is 0 Å². The summed E-state index contributed by atoms with van der Waals surface area (Å²) in [7, 11) is 0. The summed E-state index contributed by atoms with van der Waals surface area (Å²) in [4.78, 5) is 7.24. The smallest absolute Gasteiger partial charge is 0.193 e. The molecule has 146 valence electrons. The zero-order valence-electron chi connectivity index (χ0n) is 15.9. The molecule has 1 aromatic carbocycles. The highest BCUT2D eigenvalue weighted by Crippen LogP contribution is 2.35. The van der Waals surface area contributed by atoms with Crippen molar-refractivity contribution in [2.75, 3.05) is 26.2 Å². The fourth-order valence-electron chi connectivity index (χ4n) is 4.12. The number of nitrogens with zero attached hydrogens (tertiary/aromatic N) is 2. The van der Waals surface area contributed by atoms with Crippen LogP contribution in [-0.2, 0) is 0 Å². The number of nitrogens with one attached hydrogen (secondary N) is 1. The first kappa shape index (κ1) is 21.5. The summed E-state index contributed by atoms with van der Waals surface area (Å²) >= 11 is 0. The van der Waals surface area contributed by atoms with Gasteiger partial charge in [0, 0.05) is 26.2 Å². The van der Waals surface area contributed by atoms with E-state index in [9.17, 15) is 5.11 Å². The third-order valence-corrected chi connectivity index (χ3v) is 5.72. The third-order valence-electron chi connectivity index (χ3n) is 5.72. The molecule has 4 nitrogen and oxygen atoms in total. The quantitative estimate of drug-likeness (QED) is 0.397. The number of rotatable bonds is 4. The molecular formula is C21H34IN3O. The minimum absolute atomic E-state index is 0. The van der Waals surface area contributed by atoms with E-state index in [1.165, 1.54) is 31.2 Å². The summed E-state index contributed by atoms with van der Waals surface area (Å²) in [5.41, 5.74) is 1.50. The van der Waals surface area contributed by atoms with Gasteiger partial charge in [0.15, 0.2) is 5.96 Å². The Bertz CT molecular complexity index is 535. The lowest BCUT2D eigenvalue weighted by atomic mass is 9.79. The number of aliphatic hydroxyl groups excluding tert-OH is 1. The number of aliphatic hydroxyl groups is 1. The van der Waals surface area contributed by atoms with E-state index in [1.807, 2.05) is 0 Å². The maximum atomic E-state index is 9.70. The number of halogens is 1. The number of piperidine rings is 1. The molecule has 0 aromatic heterocycles. The topological polar surface area (TPSA) is 47.9 Å². The Morgan fingerprint density at radius 2 is 1.73 bits per heavy atom. The van der Waals surface area contributed by atoms with Gasteiger partial charge in [0.1, 0.15) is 0 Å². The average Bonchev–Trinajstić information content (AvgIpc) is 2.67. The lowest BCUT2D eigenvalue weighted by Crippen LogP contribution is -2.46. The summed E-state index contributed by atoms with van der Waals surface area (Å²) in [5.74, 6) is 2.49. The molecule has 5 heteroatoms. The highest BCUT2D eigenvalue weighted by atomic mass is 127. The molecule has 1 aliphatic heterocycles. The lowest BCUT2D eigenvalue weighted by Gasteiger charge is -2.33. The molecule has 3 rings (SSSR count). The summed E-state index contributed by atoms with van der Waals surface area (Å²) in [6.45, 7) is 5.78. The van der Waals surface area contributed by atoms with Crippen LogP contribution in [0.2, 0.25) is 0 Å². The molecule has 0 spiro atoms. The van der Waals surface area contributed by atoms with E-state index in [4.69, 9.17) is 4.99 Å². The first-order chi connectivity index (χ1) is 12.3. The fourth-order valence-corrected chi connectivity index (χ4v) is 4.12. The zero-order chi connectivity index (χ0) is 17.5. The van der Waals surface area contributed by atoms with Gasteiger partial charge in [0.2, 0.25) is 0 Å². The first-order valence-electron chi connectivity index (χ1n) is 10.0.